The summed E-state index contributed by atoms with van der Waals surface area (Å²) in [6.07, 6.45) is 3.08. The predicted molar refractivity (Wildman–Crippen MR) is 124 cm³/mol. The van der Waals surface area contributed by atoms with Gasteiger partial charge < -0.3 is 9.80 Å². The van der Waals surface area contributed by atoms with E-state index < -0.39 is 26.1 Å². The van der Waals surface area contributed by atoms with E-state index in [0.717, 1.165) is 24.6 Å². The van der Waals surface area contributed by atoms with Crippen molar-refractivity contribution in [3.63, 3.8) is 0 Å². The molecule has 1 saturated heterocycles. The molecule has 29 heavy (non-hydrogen) atoms. The molecule has 0 aromatic heterocycles. The monoisotopic (exact) mass is 458 g/mol. The SMILES string of the molecule is CC(C)N(C)C.CC(C)N(S(C)(=O)=O)S(C)(=O)=O.CC(C)N1CCC(N(C)C)C1. The average molecular weight is 459 g/mol. The first-order chi connectivity index (χ1) is 12.8. The fourth-order valence-electron chi connectivity index (χ4n) is 2.67. The van der Waals surface area contributed by atoms with Gasteiger partial charge in [0.25, 0.3) is 0 Å². The predicted octanol–water partition coefficient (Wildman–Crippen LogP) is 1.60. The number of nitrogens with zero attached hydrogens (tertiary/aromatic N) is 4. The van der Waals surface area contributed by atoms with Crippen molar-refractivity contribution in [3.05, 3.63) is 0 Å². The van der Waals surface area contributed by atoms with E-state index in [1.807, 2.05) is 0 Å². The van der Waals surface area contributed by atoms with Gasteiger partial charge in [0, 0.05) is 37.3 Å². The highest BCUT2D eigenvalue weighted by Crippen LogP contribution is 2.15. The average Bonchev–Trinajstić information content (AvgIpc) is 2.94. The number of hydrogen-bond acceptors (Lipinski definition) is 7. The van der Waals surface area contributed by atoms with E-state index in [1.165, 1.54) is 33.4 Å². The lowest BCUT2D eigenvalue weighted by Gasteiger charge is -2.22. The standard InChI is InChI=1S/C9H20N2.C5H13NO4S2.C5H13N/c1-8(2)11-6-5-9(7-11)10(3)4;1-5(2)6(11(3,7)8)12(4,9)10;1-5(2)6(3)4/h8-9H,5-7H2,1-4H3;5H,1-4H3;5H,1-4H3. The van der Waals surface area contributed by atoms with Gasteiger partial charge in [0.05, 0.1) is 12.5 Å². The van der Waals surface area contributed by atoms with Gasteiger partial charge in [-0.05, 0) is 76.2 Å². The van der Waals surface area contributed by atoms with Crippen molar-refractivity contribution < 1.29 is 16.8 Å². The van der Waals surface area contributed by atoms with Crippen LogP contribution in [0.15, 0.2) is 0 Å². The lowest BCUT2D eigenvalue weighted by atomic mass is 10.2. The quantitative estimate of drug-likeness (QED) is 0.598. The zero-order valence-electron chi connectivity index (χ0n) is 20.7. The minimum atomic E-state index is -3.68. The fraction of sp³-hybridized carbons (Fsp3) is 1.00. The third-order valence-corrected chi connectivity index (χ3v) is 8.54. The zero-order valence-corrected chi connectivity index (χ0v) is 22.3. The van der Waals surface area contributed by atoms with E-state index in [-0.39, 0.29) is 0 Å². The summed E-state index contributed by atoms with van der Waals surface area (Å²) < 4.78 is 44.4. The van der Waals surface area contributed by atoms with Crippen LogP contribution in [0.25, 0.3) is 0 Å². The number of sulfonamides is 2. The summed E-state index contributed by atoms with van der Waals surface area (Å²) in [5, 5.41) is 0. The van der Waals surface area contributed by atoms with Crippen LogP contribution >= 0.6 is 0 Å². The van der Waals surface area contributed by atoms with E-state index in [9.17, 15) is 16.8 Å². The highest BCUT2D eigenvalue weighted by atomic mass is 32.3. The molecule has 0 saturated carbocycles. The van der Waals surface area contributed by atoms with Crippen molar-refractivity contribution in [2.45, 2.75) is 72.1 Å². The van der Waals surface area contributed by atoms with Crippen molar-refractivity contribution in [2.75, 3.05) is 53.8 Å². The summed E-state index contributed by atoms with van der Waals surface area (Å²) in [5.41, 5.74) is 0. The van der Waals surface area contributed by atoms with Crippen LogP contribution in [0.1, 0.15) is 48.0 Å². The van der Waals surface area contributed by atoms with Crippen molar-refractivity contribution in [2.24, 2.45) is 0 Å². The molecule has 1 heterocycles. The lowest BCUT2D eigenvalue weighted by Crippen LogP contribution is -2.40. The molecule has 1 atom stereocenters. The second kappa shape index (κ2) is 13.2. The van der Waals surface area contributed by atoms with Gasteiger partial charge in [0.2, 0.25) is 20.0 Å². The maximum atomic E-state index is 11.0. The smallest absolute Gasteiger partial charge is 0.224 e. The Morgan fingerprint density at radius 1 is 0.793 bits per heavy atom. The van der Waals surface area contributed by atoms with Crippen molar-refractivity contribution in [1.29, 1.82) is 0 Å². The number of likely N-dealkylation sites (tertiary alicyclic amines) is 1. The van der Waals surface area contributed by atoms with Crippen molar-refractivity contribution in [3.8, 4) is 0 Å². The van der Waals surface area contributed by atoms with Gasteiger partial charge in [-0.15, -0.1) is 0 Å². The molecule has 8 nitrogen and oxygen atoms in total. The third kappa shape index (κ3) is 13.6. The van der Waals surface area contributed by atoms with Gasteiger partial charge in [-0.1, -0.05) is 3.71 Å². The molecular formula is C19H46N4O4S2. The first kappa shape index (κ1) is 30.9. The van der Waals surface area contributed by atoms with Gasteiger partial charge >= 0.3 is 0 Å². The molecule has 0 aliphatic carbocycles. The van der Waals surface area contributed by atoms with Crippen LogP contribution in [0.5, 0.6) is 0 Å². The van der Waals surface area contributed by atoms with Gasteiger partial charge in [-0.2, -0.15) is 0 Å². The molecule has 0 radical (unpaired) electrons. The molecular weight excluding hydrogens is 412 g/mol. The van der Waals surface area contributed by atoms with E-state index in [4.69, 9.17) is 0 Å². The van der Waals surface area contributed by atoms with E-state index in [1.54, 1.807) is 0 Å². The molecule has 1 fully saturated rings. The van der Waals surface area contributed by atoms with E-state index >= 15 is 0 Å². The molecule has 0 amide bonds. The summed E-state index contributed by atoms with van der Waals surface area (Å²) in [5.74, 6) is 0. The highest BCUT2D eigenvalue weighted by molar-refractivity contribution is 8.03. The van der Waals surface area contributed by atoms with Crippen LogP contribution in [0.4, 0.5) is 0 Å². The molecule has 0 bridgehead atoms. The molecule has 0 aromatic rings. The summed E-state index contributed by atoms with van der Waals surface area (Å²) >= 11 is 0. The van der Waals surface area contributed by atoms with Crippen LogP contribution in [0, 0.1) is 0 Å². The normalized spacial score (nSPS) is 18.5. The lowest BCUT2D eigenvalue weighted by molar-refractivity contribution is 0.237. The van der Waals surface area contributed by atoms with Crippen LogP contribution < -0.4 is 0 Å². The van der Waals surface area contributed by atoms with Gasteiger partial charge in [-0.25, -0.2) is 16.8 Å². The molecule has 0 N–H and O–H groups in total. The summed E-state index contributed by atoms with van der Waals surface area (Å²) in [7, 11) is 1.15. The molecule has 10 heteroatoms. The first-order valence-electron chi connectivity index (χ1n) is 10.1. The number of rotatable bonds is 6. The Bertz CT molecular complexity index is 593. The topological polar surface area (TPSA) is 81.2 Å². The fourth-order valence-corrected chi connectivity index (χ4v) is 6.17. The molecule has 1 aliphatic heterocycles. The van der Waals surface area contributed by atoms with Crippen LogP contribution in [-0.4, -0.2) is 113 Å². The Morgan fingerprint density at radius 2 is 1.17 bits per heavy atom. The zero-order chi connectivity index (χ0) is 23.7. The molecule has 1 unspecified atom stereocenters. The largest absolute Gasteiger partial charge is 0.307 e. The first-order valence-corrected chi connectivity index (χ1v) is 13.8. The number of likely N-dealkylation sites (N-methyl/N-ethyl adjacent to an activating group) is 1. The molecule has 0 aromatic carbocycles. The minimum absolute atomic E-state index is 0.486. The summed E-state index contributed by atoms with van der Waals surface area (Å²) in [6, 6.07) is 1.62. The molecule has 1 rings (SSSR count). The molecule has 178 valence electrons. The van der Waals surface area contributed by atoms with Crippen LogP contribution in [0.2, 0.25) is 0 Å². The molecule has 1 aliphatic rings. The van der Waals surface area contributed by atoms with Gasteiger partial charge in [-0.3, -0.25) is 4.90 Å². The third-order valence-electron chi connectivity index (χ3n) is 4.76. The van der Waals surface area contributed by atoms with Crippen molar-refractivity contribution >= 4 is 20.0 Å². The van der Waals surface area contributed by atoms with Crippen LogP contribution in [-0.2, 0) is 20.0 Å². The Labute approximate surface area is 181 Å². The van der Waals surface area contributed by atoms with E-state index in [0.29, 0.717) is 9.75 Å². The molecule has 0 spiro atoms. The Balaban J connectivity index is 0. The van der Waals surface area contributed by atoms with E-state index in [2.05, 4.69) is 70.6 Å². The second-order valence-electron chi connectivity index (χ2n) is 8.90. The summed E-state index contributed by atoms with van der Waals surface area (Å²) in [4.78, 5) is 7.05. The minimum Gasteiger partial charge on any atom is -0.307 e. The second-order valence-corrected chi connectivity index (χ2v) is 12.8. The Morgan fingerprint density at radius 3 is 1.28 bits per heavy atom. The van der Waals surface area contributed by atoms with Crippen LogP contribution in [0.3, 0.4) is 0 Å². The maximum Gasteiger partial charge on any atom is 0.224 e. The number of hydrogen-bond donors (Lipinski definition) is 0. The maximum absolute atomic E-state index is 11.0. The van der Waals surface area contributed by atoms with Crippen molar-refractivity contribution in [1.82, 2.24) is 18.4 Å². The van der Waals surface area contributed by atoms with Gasteiger partial charge in [0.1, 0.15) is 0 Å². The Kier molecular flexibility index (Phi) is 14.1. The summed E-state index contributed by atoms with van der Waals surface area (Å²) in [6.45, 7) is 14.4. The highest BCUT2D eigenvalue weighted by Gasteiger charge is 2.29. The Hall–Kier alpha value is -0.260. The van der Waals surface area contributed by atoms with Gasteiger partial charge in [0.15, 0.2) is 0 Å².